The lowest BCUT2D eigenvalue weighted by molar-refractivity contribution is 0.619. The minimum Gasteiger partial charge on any atom is -0.436 e. The molecule has 2 heterocycles. The number of rotatable bonds is 7. The van der Waals surface area contributed by atoms with Crippen LogP contribution in [0.2, 0.25) is 0 Å². The van der Waals surface area contributed by atoms with E-state index in [2.05, 4.69) is 119 Å². The molecule has 0 fully saturated rings. The summed E-state index contributed by atoms with van der Waals surface area (Å²) >= 11 is 0. The van der Waals surface area contributed by atoms with E-state index in [1.165, 1.54) is 0 Å². The monoisotopic (exact) mass is 631 g/mol. The van der Waals surface area contributed by atoms with Crippen LogP contribution in [0.1, 0.15) is 0 Å². The quantitative estimate of drug-likeness (QED) is 0.175. The van der Waals surface area contributed by atoms with Crippen molar-refractivity contribution in [3.8, 4) is 45.2 Å². The molecule has 0 aliphatic heterocycles. The highest BCUT2D eigenvalue weighted by Crippen LogP contribution is 2.37. The zero-order valence-corrected chi connectivity index (χ0v) is 26.4. The lowest BCUT2D eigenvalue weighted by atomic mass is 10.0. The number of fused-ring (bicyclic) bond motifs is 2. The largest absolute Gasteiger partial charge is 0.436 e. The Balaban J connectivity index is 0.989. The molecule has 0 spiro atoms. The standard InChI is InChI=1S/C44H29N3O2/c1-3-9-33(10-4-1)43-46-40-28-23-35(29-42(40)49-43)32-21-26-38(27-22-32)47(36-11-5-2-6-12-36)37-24-19-31(20-25-37)30-15-17-34(18-16-30)44-45-39-13-7-8-14-41(39)48-44/h1-29H. The summed E-state index contributed by atoms with van der Waals surface area (Å²) in [7, 11) is 0. The third kappa shape index (κ3) is 5.53. The van der Waals surface area contributed by atoms with Gasteiger partial charge in [0.15, 0.2) is 11.2 Å². The summed E-state index contributed by atoms with van der Waals surface area (Å²) in [6.07, 6.45) is 0. The highest BCUT2D eigenvalue weighted by Gasteiger charge is 2.15. The Labute approximate surface area is 283 Å². The molecule has 9 aromatic rings. The Hall–Kier alpha value is -6.72. The van der Waals surface area contributed by atoms with Crippen molar-refractivity contribution in [3.05, 3.63) is 176 Å². The van der Waals surface area contributed by atoms with Gasteiger partial charge in [0.25, 0.3) is 0 Å². The smallest absolute Gasteiger partial charge is 0.227 e. The highest BCUT2D eigenvalue weighted by atomic mass is 16.4. The average molecular weight is 632 g/mol. The van der Waals surface area contributed by atoms with Crippen LogP contribution in [0.5, 0.6) is 0 Å². The van der Waals surface area contributed by atoms with Gasteiger partial charge < -0.3 is 13.7 Å². The third-order valence-electron chi connectivity index (χ3n) is 8.77. The molecule has 0 saturated heterocycles. The lowest BCUT2D eigenvalue weighted by Crippen LogP contribution is -2.09. The number of hydrogen-bond donors (Lipinski definition) is 0. The summed E-state index contributed by atoms with van der Waals surface area (Å²) in [5.41, 5.74) is 12.9. The van der Waals surface area contributed by atoms with E-state index in [4.69, 9.17) is 13.8 Å². The number of benzene rings is 7. The fourth-order valence-corrected chi connectivity index (χ4v) is 6.24. The fourth-order valence-electron chi connectivity index (χ4n) is 6.24. The van der Waals surface area contributed by atoms with Crippen LogP contribution in [0.3, 0.4) is 0 Å². The van der Waals surface area contributed by atoms with Crippen LogP contribution in [-0.2, 0) is 0 Å². The first-order valence-corrected chi connectivity index (χ1v) is 16.2. The zero-order valence-electron chi connectivity index (χ0n) is 26.4. The molecule has 0 bridgehead atoms. The van der Waals surface area contributed by atoms with Crippen molar-refractivity contribution >= 4 is 39.3 Å². The molecule has 7 aromatic carbocycles. The fraction of sp³-hybridized carbons (Fsp3) is 0. The minimum absolute atomic E-state index is 0.628. The zero-order chi connectivity index (χ0) is 32.6. The first-order chi connectivity index (χ1) is 24.2. The van der Waals surface area contributed by atoms with E-state index in [0.717, 1.165) is 72.6 Å². The number of anilines is 3. The maximum atomic E-state index is 6.15. The summed E-state index contributed by atoms with van der Waals surface area (Å²) < 4.78 is 12.1. The van der Waals surface area contributed by atoms with Gasteiger partial charge in [-0.05, 0) is 107 Å². The molecule has 5 nitrogen and oxygen atoms in total. The predicted molar refractivity (Wildman–Crippen MR) is 198 cm³/mol. The molecule has 232 valence electrons. The van der Waals surface area contributed by atoms with E-state index < -0.39 is 0 Å². The molecule has 0 aliphatic rings. The van der Waals surface area contributed by atoms with Gasteiger partial charge in [0.2, 0.25) is 11.8 Å². The second-order valence-corrected chi connectivity index (χ2v) is 11.9. The van der Waals surface area contributed by atoms with E-state index in [1.807, 2.05) is 66.7 Å². The topological polar surface area (TPSA) is 55.3 Å². The van der Waals surface area contributed by atoms with Crippen molar-refractivity contribution in [1.82, 2.24) is 9.97 Å². The second kappa shape index (κ2) is 12.1. The molecule has 0 aliphatic carbocycles. The number of para-hydroxylation sites is 3. The lowest BCUT2D eigenvalue weighted by Gasteiger charge is -2.26. The molecule has 0 saturated carbocycles. The maximum Gasteiger partial charge on any atom is 0.227 e. The van der Waals surface area contributed by atoms with Gasteiger partial charge in [-0.15, -0.1) is 0 Å². The van der Waals surface area contributed by atoms with Gasteiger partial charge in [0.05, 0.1) is 0 Å². The molecule has 0 N–H and O–H groups in total. The first-order valence-electron chi connectivity index (χ1n) is 16.2. The van der Waals surface area contributed by atoms with Crippen LogP contribution in [0, 0.1) is 0 Å². The van der Waals surface area contributed by atoms with E-state index in [-0.39, 0.29) is 0 Å². The van der Waals surface area contributed by atoms with Crippen LogP contribution < -0.4 is 4.90 Å². The molecule has 49 heavy (non-hydrogen) atoms. The third-order valence-corrected chi connectivity index (χ3v) is 8.77. The average Bonchev–Trinajstić information content (AvgIpc) is 3.81. The van der Waals surface area contributed by atoms with Crippen molar-refractivity contribution in [3.63, 3.8) is 0 Å². The Bertz CT molecular complexity index is 2490. The first kappa shape index (κ1) is 28.5. The molecule has 2 aromatic heterocycles. The summed E-state index contributed by atoms with van der Waals surface area (Å²) in [5, 5.41) is 0. The number of aromatic nitrogens is 2. The summed E-state index contributed by atoms with van der Waals surface area (Å²) in [5.74, 6) is 1.26. The SMILES string of the molecule is c1ccc(-c2nc3ccc(-c4ccc(N(c5ccccc5)c5ccc(-c6ccc(-c7nc8ccccc8o7)cc6)cc5)cc4)cc3o2)cc1. The normalized spacial score (nSPS) is 11.3. The van der Waals surface area contributed by atoms with Crippen molar-refractivity contribution in [2.75, 3.05) is 4.90 Å². The predicted octanol–water partition coefficient (Wildman–Crippen LogP) is 12.1. The molecular formula is C44H29N3O2. The molecule has 0 amide bonds. The molecule has 0 unspecified atom stereocenters. The van der Waals surface area contributed by atoms with Crippen LogP contribution >= 0.6 is 0 Å². The number of nitrogens with zero attached hydrogens (tertiary/aromatic N) is 3. The Morgan fingerprint density at radius 2 is 0.755 bits per heavy atom. The van der Waals surface area contributed by atoms with Crippen molar-refractivity contribution in [2.45, 2.75) is 0 Å². The number of hydrogen-bond acceptors (Lipinski definition) is 5. The maximum absolute atomic E-state index is 6.15. The van der Waals surface area contributed by atoms with Gasteiger partial charge in [-0.25, -0.2) is 9.97 Å². The molecule has 5 heteroatoms. The van der Waals surface area contributed by atoms with E-state index >= 15 is 0 Å². The van der Waals surface area contributed by atoms with Gasteiger partial charge >= 0.3 is 0 Å². The van der Waals surface area contributed by atoms with E-state index in [1.54, 1.807) is 0 Å². The van der Waals surface area contributed by atoms with Crippen molar-refractivity contribution < 1.29 is 8.83 Å². The minimum atomic E-state index is 0.628. The van der Waals surface area contributed by atoms with E-state index in [9.17, 15) is 0 Å². The molecular weight excluding hydrogens is 603 g/mol. The van der Waals surface area contributed by atoms with Gasteiger partial charge in [0.1, 0.15) is 11.0 Å². The second-order valence-electron chi connectivity index (χ2n) is 11.9. The van der Waals surface area contributed by atoms with Crippen molar-refractivity contribution in [1.29, 1.82) is 0 Å². The Morgan fingerprint density at radius 3 is 1.39 bits per heavy atom. The summed E-state index contributed by atoms with van der Waals surface area (Å²) in [6.45, 7) is 0. The highest BCUT2D eigenvalue weighted by molar-refractivity contribution is 5.84. The van der Waals surface area contributed by atoms with Crippen molar-refractivity contribution in [2.24, 2.45) is 0 Å². The van der Waals surface area contributed by atoms with Crippen LogP contribution in [0.4, 0.5) is 17.1 Å². The molecule has 0 atom stereocenters. The summed E-state index contributed by atoms with van der Waals surface area (Å²) in [6, 6.07) is 60.2. The molecule has 0 radical (unpaired) electrons. The van der Waals surface area contributed by atoms with Crippen LogP contribution in [0.15, 0.2) is 185 Å². The van der Waals surface area contributed by atoms with Gasteiger partial charge in [0, 0.05) is 28.2 Å². The summed E-state index contributed by atoms with van der Waals surface area (Å²) in [4.78, 5) is 11.6. The molecule has 9 rings (SSSR count). The Morgan fingerprint density at radius 1 is 0.327 bits per heavy atom. The van der Waals surface area contributed by atoms with E-state index in [0.29, 0.717) is 11.8 Å². The van der Waals surface area contributed by atoms with Gasteiger partial charge in [-0.1, -0.05) is 91.0 Å². The number of oxazole rings is 2. The van der Waals surface area contributed by atoms with Crippen LogP contribution in [-0.4, -0.2) is 9.97 Å². The Kier molecular flexibility index (Phi) is 7.06. The van der Waals surface area contributed by atoms with Gasteiger partial charge in [-0.2, -0.15) is 0 Å². The van der Waals surface area contributed by atoms with Gasteiger partial charge in [-0.3, -0.25) is 0 Å². The van der Waals surface area contributed by atoms with Crippen LogP contribution in [0.25, 0.3) is 67.4 Å².